The van der Waals surface area contributed by atoms with Crippen molar-refractivity contribution in [2.75, 3.05) is 0 Å². The largest absolute Gasteiger partial charge is 0.336 e. The molecule has 2 heterocycles. The van der Waals surface area contributed by atoms with Crippen molar-refractivity contribution < 1.29 is 0 Å². The van der Waals surface area contributed by atoms with Crippen LogP contribution in [0.2, 0.25) is 0 Å². The highest BCUT2D eigenvalue weighted by molar-refractivity contribution is 6.23. The molecule has 0 atom stereocenters. The van der Waals surface area contributed by atoms with Crippen molar-refractivity contribution in [3.63, 3.8) is 0 Å². The number of nitrogens with zero attached hydrogens (tertiary/aromatic N) is 2. The molecule has 0 N–H and O–H groups in total. The molecule has 4 aromatic carbocycles. The fourth-order valence-electron chi connectivity index (χ4n) is 6.63. The average molecular weight is 457 g/mol. The molecule has 0 amide bonds. The molecular formula is C33H32N2. The second-order valence-corrected chi connectivity index (χ2v) is 10.3. The lowest BCUT2D eigenvalue weighted by atomic mass is 10.0. The van der Waals surface area contributed by atoms with E-state index in [0.717, 1.165) is 0 Å². The van der Waals surface area contributed by atoms with E-state index in [9.17, 15) is 0 Å². The van der Waals surface area contributed by atoms with Crippen LogP contribution in [-0.4, -0.2) is 9.13 Å². The van der Waals surface area contributed by atoms with Gasteiger partial charge in [-0.2, -0.15) is 0 Å². The van der Waals surface area contributed by atoms with Crippen LogP contribution in [0.4, 0.5) is 0 Å². The zero-order chi connectivity index (χ0) is 23.2. The maximum Gasteiger partial charge on any atom is 0.0785 e. The van der Waals surface area contributed by atoms with Gasteiger partial charge >= 0.3 is 0 Å². The Morgan fingerprint density at radius 1 is 0.457 bits per heavy atom. The SMILES string of the molecule is c1ccc(-n2c3ccccc3c3ccc4c5ccccc5n(C5CCCCCCCC5)c4c32)cc1. The molecule has 0 spiro atoms. The number of hydrogen-bond donors (Lipinski definition) is 0. The Morgan fingerprint density at radius 2 is 1.00 bits per heavy atom. The molecule has 1 saturated carbocycles. The van der Waals surface area contributed by atoms with E-state index in [1.165, 1.54) is 101 Å². The number of benzene rings is 4. The van der Waals surface area contributed by atoms with Crippen LogP contribution >= 0.6 is 0 Å². The maximum absolute atomic E-state index is 2.75. The van der Waals surface area contributed by atoms with Gasteiger partial charge in [-0.3, -0.25) is 0 Å². The molecule has 0 aliphatic heterocycles. The molecule has 0 unspecified atom stereocenters. The first-order valence-corrected chi connectivity index (χ1v) is 13.4. The lowest BCUT2D eigenvalue weighted by Gasteiger charge is -2.22. The molecule has 1 aliphatic carbocycles. The summed E-state index contributed by atoms with van der Waals surface area (Å²) >= 11 is 0. The Labute approximate surface area is 206 Å². The zero-order valence-corrected chi connectivity index (χ0v) is 20.3. The van der Waals surface area contributed by atoms with Gasteiger partial charge in [0.15, 0.2) is 0 Å². The van der Waals surface area contributed by atoms with Crippen LogP contribution in [0.1, 0.15) is 57.4 Å². The summed E-state index contributed by atoms with van der Waals surface area (Å²) in [6, 6.07) is 34.2. The Hall–Kier alpha value is -3.52. The summed E-state index contributed by atoms with van der Waals surface area (Å²) in [4.78, 5) is 0. The number of rotatable bonds is 2. The van der Waals surface area contributed by atoms with Gasteiger partial charge in [-0.25, -0.2) is 0 Å². The molecule has 1 fully saturated rings. The fourth-order valence-corrected chi connectivity index (χ4v) is 6.63. The molecular weight excluding hydrogens is 424 g/mol. The van der Waals surface area contributed by atoms with Gasteiger partial charge < -0.3 is 9.13 Å². The first-order valence-electron chi connectivity index (χ1n) is 13.4. The van der Waals surface area contributed by atoms with Crippen molar-refractivity contribution in [1.82, 2.24) is 9.13 Å². The van der Waals surface area contributed by atoms with Gasteiger partial charge in [-0.15, -0.1) is 0 Å². The number of fused-ring (bicyclic) bond motifs is 7. The van der Waals surface area contributed by atoms with Gasteiger partial charge in [0.05, 0.1) is 16.6 Å². The number of para-hydroxylation sites is 3. The Balaban J connectivity index is 1.65. The summed E-state index contributed by atoms with van der Waals surface area (Å²) in [6.45, 7) is 0. The van der Waals surface area contributed by atoms with Crippen molar-refractivity contribution in [2.24, 2.45) is 0 Å². The van der Waals surface area contributed by atoms with E-state index in [-0.39, 0.29) is 0 Å². The van der Waals surface area contributed by atoms with E-state index in [0.29, 0.717) is 6.04 Å². The smallest absolute Gasteiger partial charge is 0.0785 e. The summed E-state index contributed by atoms with van der Waals surface area (Å²) in [5.74, 6) is 0. The summed E-state index contributed by atoms with van der Waals surface area (Å²) in [7, 11) is 0. The standard InChI is InChI=1S/C33H32N2/c1-2-4-7-15-24(14-6-3-1)34-30-20-12-10-18-26(30)28-22-23-29-27-19-11-13-21-31(27)35(33(29)32(28)34)25-16-8-5-9-17-25/h5,8-13,16-24H,1-4,6-7,14-15H2. The van der Waals surface area contributed by atoms with Crippen LogP contribution in [0.5, 0.6) is 0 Å². The number of hydrogen-bond acceptors (Lipinski definition) is 0. The van der Waals surface area contributed by atoms with Crippen LogP contribution in [0.3, 0.4) is 0 Å². The van der Waals surface area contributed by atoms with Crippen LogP contribution in [-0.2, 0) is 0 Å². The highest BCUT2D eigenvalue weighted by atomic mass is 15.1. The minimum Gasteiger partial charge on any atom is -0.336 e. The summed E-state index contributed by atoms with van der Waals surface area (Å²) < 4.78 is 5.26. The van der Waals surface area contributed by atoms with Gasteiger partial charge in [0.1, 0.15) is 0 Å². The monoisotopic (exact) mass is 456 g/mol. The van der Waals surface area contributed by atoms with Crippen molar-refractivity contribution in [1.29, 1.82) is 0 Å². The van der Waals surface area contributed by atoms with Crippen LogP contribution < -0.4 is 0 Å². The van der Waals surface area contributed by atoms with Crippen LogP contribution in [0.15, 0.2) is 91.0 Å². The van der Waals surface area contributed by atoms with Gasteiger partial charge in [0.25, 0.3) is 0 Å². The molecule has 2 heteroatoms. The summed E-state index contributed by atoms with van der Waals surface area (Å²) in [5.41, 5.74) is 6.67. The van der Waals surface area contributed by atoms with Gasteiger partial charge in [0.2, 0.25) is 0 Å². The number of aromatic nitrogens is 2. The first kappa shape index (κ1) is 20.8. The minimum absolute atomic E-state index is 0.545. The Bertz CT molecular complexity index is 1640. The van der Waals surface area contributed by atoms with Gasteiger partial charge in [-0.05, 0) is 37.1 Å². The van der Waals surface area contributed by atoms with Gasteiger partial charge in [-0.1, -0.05) is 105 Å². The van der Waals surface area contributed by atoms with E-state index < -0.39 is 0 Å². The van der Waals surface area contributed by atoms with Crippen LogP contribution in [0.25, 0.3) is 49.3 Å². The first-order chi connectivity index (χ1) is 17.4. The molecule has 2 nitrogen and oxygen atoms in total. The minimum atomic E-state index is 0.545. The van der Waals surface area contributed by atoms with E-state index in [1.54, 1.807) is 0 Å². The predicted molar refractivity (Wildman–Crippen MR) is 150 cm³/mol. The normalized spacial score (nSPS) is 16.1. The third-order valence-corrected chi connectivity index (χ3v) is 8.21. The van der Waals surface area contributed by atoms with Crippen molar-refractivity contribution in [2.45, 2.75) is 57.4 Å². The summed E-state index contributed by atoms with van der Waals surface area (Å²) in [5, 5.41) is 5.45. The van der Waals surface area contributed by atoms with E-state index in [1.807, 2.05) is 0 Å². The molecule has 1 aliphatic rings. The zero-order valence-electron chi connectivity index (χ0n) is 20.3. The van der Waals surface area contributed by atoms with E-state index in [4.69, 9.17) is 0 Å². The topological polar surface area (TPSA) is 9.86 Å². The lowest BCUT2D eigenvalue weighted by molar-refractivity contribution is 0.435. The average Bonchev–Trinajstić information content (AvgIpc) is 3.46. The molecule has 0 bridgehead atoms. The predicted octanol–water partition coefficient (Wildman–Crippen LogP) is 9.57. The molecule has 2 aromatic heterocycles. The lowest BCUT2D eigenvalue weighted by Crippen LogP contribution is -2.10. The molecule has 174 valence electrons. The highest BCUT2D eigenvalue weighted by Gasteiger charge is 2.23. The second kappa shape index (κ2) is 8.61. The Kier molecular flexibility index (Phi) is 5.12. The quantitative estimate of drug-likeness (QED) is 0.245. The molecule has 35 heavy (non-hydrogen) atoms. The van der Waals surface area contributed by atoms with Gasteiger partial charge in [0, 0.05) is 38.8 Å². The molecule has 0 saturated heterocycles. The highest BCUT2D eigenvalue weighted by Crippen LogP contribution is 2.43. The fraction of sp³-hybridized carbons (Fsp3) is 0.273. The maximum atomic E-state index is 2.75. The molecule has 6 aromatic rings. The third-order valence-electron chi connectivity index (χ3n) is 8.21. The van der Waals surface area contributed by atoms with Crippen molar-refractivity contribution in [3.8, 4) is 5.69 Å². The van der Waals surface area contributed by atoms with E-state index in [2.05, 4.69) is 100 Å². The molecule has 7 rings (SSSR count). The molecule has 0 radical (unpaired) electrons. The Morgan fingerprint density at radius 3 is 1.71 bits per heavy atom. The van der Waals surface area contributed by atoms with Crippen molar-refractivity contribution in [3.05, 3.63) is 91.0 Å². The van der Waals surface area contributed by atoms with Crippen LogP contribution in [0, 0.1) is 0 Å². The van der Waals surface area contributed by atoms with E-state index >= 15 is 0 Å². The van der Waals surface area contributed by atoms with Crippen molar-refractivity contribution >= 4 is 43.6 Å². The third kappa shape index (κ3) is 3.31. The summed E-state index contributed by atoms with van der Waals surface area (Å²) in [6.07, 6.45) is 10.7. The second-order valence-electron chi connectivity index (χ2n) is 10.3.